The van der Waals surface area contributed by atoms with Crippen molar-refractivity contribution in [1.29, 1.82) is 0 Å². The third-order valence-corrected chi connectivity index (χ3v) is 4.70. The number of nitrogen functional groups attached to an aromatic ring is 1. The van der Waals surface area contributed by atoms with E-state index < -0.39 is 0 Å². The molecule has 0 saturated heterocycles. The number of aromatic nitrogens is 4. The molecule has 7 nitrogen and oxygen atoms in total. The van der Waals surface area contributed by atoms with Gasteiger partial charge in [-0.15, -0.1) is 0 Å². The van der Waals surface area contributed by atoms with Crippen molar-refractivity contribution in [3.63, 3.8) is 0 Å². The Morgan fingerprint density at radius 1 is 1.07 bits per heavy atom. The van der Waals surface area contributed by atoms with Crippen molar-refractivity contribution in [3.05, 3.63) is 48.2 Å². The molecule has 0 spiro atoms. The number of nitrogens with two attached hydrogens (primary N) is 1. The number of H-pyrrole nitrogens is 1. The predicted molar refractivity (Wildman–Crippen MR) is 110 cm³/mol. The number of hydrogen-bond acceptors (Lipinski definition) is 6. The van der Waals surface area contributed by atoms with Crippen LogP contribution in [-0.4, -0.2) is 20.2 Å². The van der Waals surface area contributed by atoms with Gasteiger partial charge in [0.15, 0.2) is 11.6 Å². The number of para-hydroxylation sites is 2. The molecule has 4 aromatic rings. The SMILES string of the molecule is CC(C)Cc1cc(-c2cc3c4c(n[nH]c4c2)Nc2ccccc2O3)nc(N)n1. The largest absolute Gasteiger partial charge is 0.454 e. The second-order valence-corrected chi connectivity index (χ2v) is 7.39. The monoisotopic (exact) mass is 372 g/mol. The van der Waals surface area contributed by atoms with Crippen LogP contribution in [0, 0.1) is 5.92 Å². The lowest BCUT2D eigenvalue weighted by Gasteiger charge is -2.11. The van der Waals surface area contributed by atoms with Gasteiger partial charge in [-0.2, -0.15) is 5.10 Å². The molecular formula is C21H20N6O. The molecule has 4 N–H and O–H groups in total. The lowest BCUT2D eigenvalue weighted by molar-refractivity contribution is 0.492. The maximum atomic E-state index is 6.22. The molecule has 0 saturated carbocycles. The van der Waals surface area contributed by atoms with E-state index in [1.54, 1.807) is 0 Å². The van der Waals surface area contributed by atoms with Crippen LogP contribution in [0.25, 0.3) is 22.2 Å². The number of rotatable bonds is 3. The van der Waals surface area contributed by atoms with Gasteiger partial charge in [0.1, 0.15) is 5.75 Å². The molecular weight excluding hydrogens is 352 g/mol. The Morgan fingerprint density at radius 2 is 1.93 bits per heavy atom. The molecule has 0 radical (unpaired) electrons. The van der Waals surface area contributed by atoms with Crippen LogP contribution in [0.5, 0.6) is 11.5 Å². The van der Waals surface area contributed by atoms with E-state index in [-0.39, 0.29) is 5.95 Å². The van der Waals surface area contributed by atoms with Gasteiger partial charge in [0.05, 0.1) is 22.3 Å². The van der Waals surface area contributed by atoms with Crippen LogP contribution >= 0.6 is 0 Å². The summed E-state index contributed by atoms with van der Waals surface area (Å²) in [7, 11) is 0. The zero-order valence-corrected chi connectivity index (χ0v) is 15.7. The highest BCUT2D eigenvalue weighted by molar-refractivity contribution is 6.00. The number of benzene rings is 2. The highest BCUT2D eigenvalue weighted by Gasteiger charge is 2.21. The summed E-state index contributed by atoms with van der Waals surface area (Å²) in [6.07, 6.45) is 0.844. The van der Waals surface area contributed by atoms with E-state index in [9.17, 15) is 0 Å². The molecule has 0 unspecified atom stereocenters. The molecule has 0 aliphatic carbocycles. The van der Waals surface area contributed by atoms with Crippen molar-refractivity contribution in [1.82, 2.24) is 20.2 Å². The first-order valence-corrected chi connectivity index (χ1v) is 9.26. The topological polar surface area (TPSA) is 102 Å². The summed E-state index contributed by atoms with van der Waals surface area (Å²) in [5, 5.41) is 11.7. The summed E-state index contributed by atoms with van der Waals surface area (Å²) in [6, 6.07) is 13.8. The Bertz CT molecular complexity index is 1200. The Hall–Kier alpha value is -3.61. The zero-order chi connectivity index (χ0) is 19.3. The number of aromatic amines is 1. The second-order valence-electron chi connectivity index (χ2n) is 7.39. The molecule has 0 bridgehead atoms. The lowest BCUT2D eigenvalue weighted by atomic mass is 10.0. The van der Waals surface area contributed by atoms with Crippen LogP contribution < -0.4 is 15.8 Å². The number of nitrogens with one attached hydrogen (secondary N) is 2. The molecule has 1 aliphatic heterocycles. The molecule has 2 aromatic heterocycles. The van der Waals surface area contributed by atoms with Crippen molar-refractivity contribution in [2.45, 2.75) is 20.3 Å². The quantitative estimate of drug-likeness (QED) is 0.426. The van der Waals surface area contributed by atoms with E-state index in [1.165, 1.54) is 0 Å². The molecule has 5 rings (SSSR count). The molecule has 3 heterocycles. The van der Waals surface area contributed by atoms with Crippen molar-refractivity contribution in [2.24, 2.45) is 5.92 Å². The van der Waals surface area contributed by atoms with Crippen molar-refractivity contribution in [3.8, 4) is 22.8 Å². The predicted octanol–water partition coefficient (Wildman–Crippen LogP) is 4.65. The number of nitrogens with zero attached hydrogens (tertiary/aromatic N) is 3. The van der Waals surface area contributed by atoms with Crippen molar-refractivity contribution >= 4 is 28.4 Å². The molecule has 28 heavy (non-hydrogen) atoms. The van der Waals surface area contributed by atoms with Gasteiger partial charge < -0.3 is 15.8 Å². The van der Waals surface area contributed by atoms with Crippen LogP contribution in [0.3, 0.4) is 0 Å². The summed E-state index contributed by atoms with van der Waals surface area (Å²) in [6.45, 7) is 4.31. The van der Waals surface area contributed by atoms with Crippen LogP contribution in [0.2, 0.25) is 0 Å². The summed E-state index contributed by atoms with van der Waals surface area (Å²) < 4.78 is 6.22. The van der Waals surface area contributed by atoms with Gasteiger partial charge in [0.2, 0.25) is 5.95 Å². The number of fused-ring (bicyclic) bond motifs is 1. The van der Waals surface area contributed by atoms with E-state index >= 15 is 0 Å². The van der Waals surface area contributed by atoms with Crippen molar-refractivity contribution < 1.29 is 4.74 Å². The average molecular weight is 372 g/mol. The van der Waals surface area contributed by atoms with Gasteiger partial charge in [-0.3, -0.25) is 5.10 Å². The van der Waals surface area contributed by atoms with Gasteiger partial charge in [-0.05, 0) is 42.7 Å². The minimum absolute atomic E-state index is 0.275. The molecule has 7 heteroatoms. The Labute approximate surface area is 162 Å². The van der Waals surface area contributed by atoms with E-state index in [0.717, 1.165) is 57.3 Å². The Balaban J connectivity index is 1.66. The van der Waals surface area contributed by atoms with Crippen molar-refractivity contribution in [2.75, 3.05) is 11.1 Å². The first-order chi connectivity index (χ1) is 13.6. The minimum atomic E-state index is 0.275. The van der Waals surface area contributed by atoms with E-state index in [4.69, 9.17) is 10.5 Å². The highest BCUT2D eigenvalue weighted by atomic mass is 16.5. The molecule has 2 aromatic carbocycles. The fourth-order valence-electron chi connectivity index (χ4n) is 3.53. The van der Waals surface area contributed by atoms with Gasteiger partial charge in [0.25, 0.3) is 0 Å². The number of ether oxygens (including phenoxy) is 1. The fraction of sp³-hybridized carbons (Fsp3) is 0.190. The minimum Gasteiger partial charge on any atom is -0.454 e. The Kier molecular flexibility index (Phi) is 3.68. The molecule has 0 fully saturated rings. The smallest absolute Gasteiger partial charge is 0.220 e. The van der Waals surface area contributed by atoms with Crippen LogP contribution in [0.1, 0.15) is 19.5 Å². The normalized spacial score (nSPS) is 12.4. The maximum absolute atomic E-state index is 6.22. The number of anilines is 3. The van der Waals surface area contributed by atoms with Crippen LogP contribution in [-0.2, 0) is 6.42 Å². The third-order valence-electron chi connectivity index (χ3n) is 4.70. The van der Waals surface area contributed by atoms with Crippen LogP contribution in [0.15, 0.2) is 42.5 Å². The Morgan fingerprint density at radius 3 is 2.79 bits per heavy atom. The van der Waals surface area contributed by atoms with Gasteiger partial charge >= 0.3 is 0 Å². The first kappa shape index (κ1) is 16.6. The molecule has 140 valence electrons. The summed E-state index contributed by atoms with van der Waals surface area (Å²) in [5.41, 5.74) is 10.3. The van der Waals surface area contributed by atoms with Gasteiger partial charge in [-0.1, -0.05) is 26.0 Å². The standard InChI is InChI=1S/C21H20N6O/c1-11(2)7-13-10-15(25-21(22)23-13)12-8-16-19-18(9-12)28-17-6-4-3-5-14(17)24-20(19)27-26-16/h3-6,8-11H,7H2,1-2H3,(H2,22,23,25)(H2,24,26,27). The van der Waals surface area contributed by atoms with Gasteiger partial charge in [-0.25, -0.2) is 9.97 Å². The lowest BCUT2D eigenvalue weighted by Crippen LogP contribution is -2.04. The van der Waals surface area contributed by atoms with Gasteiger partial charge in [0, 0.05) is 11.3 Å². The third kappa shape index (κ3) is 2.81. The summed E-state index contributed by atoms with van der Waals surface area (Å²) >= 11 is 0. The first-order valence-electron chi connectivity index (χ1n) is 9.26. The molecule has 0 amide bonds. The second kappa shape index (κ2) is 6.23. The summed E-state index contributed by atoms with van der Waals surface area (Å²) in [5.74, 6) is 2.97. The maximum Gasteiger partial charge on any atom is 0.220 e. The fourth-order valence-corrected chi connectivity index (χ4v) is 3.53. The zero-order valence-electron chi connectivity index (χ0n) is 15.7. The average Bonchev–Trinajstić information content (AvgIpc) is 2.97. The number of hydrogen-bond donors (Lipinski definition) is 3. The van der Waals surface area contributed by atoms with Crippen LogP contribution in [0.4, 0.5) is 17.5 Å². The van der Waals surface area contributed by atoms with E-state index in [0.29, 0.717) is 5.92 Å². The van der Waals surface area contributed by atoms with E-state index in [2.05, 4.69) is 39.3 Å². The van der Waals surface area contributed by atoms with E-state index in [1.807, 2.05) is 42.5 Å². The summed E-state index contributed by atoms with van der Waals surface area (Å²) in [4.78, 5) is 8.82. The molecule has 0 atom stereocenters. The molecule has 1 aliphatic rings. The highest BCUT2D eigenvalue weighted by Crippen LogP contribution is 2.43.